The predicted octanol–water partition coefficient (Wildman–Crippen LogP) is 4.03. The molecule has 16 nitrogen and oxygen atoms in total. The van der Waals surface area contributed by atoms with Crippen molar-refractivity contribution in [3.63, 3.8) is 0 Å². The lowest BCUT2D eigenvalue weighted by molar-refractivity contribution is -0.212. The Hall–Kier alpha value is -5.28. The van der Waals surface area contributed by atoms with Crippen LogP contribution in [-0.4, -0.2) is 98.6 Å². The normalized spacial score (nSPS) is 17.3. The lowest BCUT2D eigenvalue weighted by Crippen LogP contribution is -2.55. The van der Waals surface area contributed by atoms with Gasteiger partial charge in [-0.25, -0.2) is 19.2 Å². The average molecular weight is 765 g/mol. The van der Waals surface area contributed by atoms with Gasteiger partial charge in [-0.1, -0.05) is 26.3 Å². The Morgan fingerprint density at radius 2 is 0.630 bits per heavy atom. The van der Waals surface area contributed by atoms with Crippen molar-refractivity contribution in [2.75, 3.05) is 26.4 Å². The van der Waals surface area contributed by atoms with Crippen LogP contribution in [0.5, 0.6) is 0 Å². The van der Waals surface area contributed by atoms with Crippen LogP contribution in [0.15, 0.2) is 50.6 Å². The molecule has 0 spiro atoms. The Bertz CT molecular complexity index is 1210. The van der Waals surface area contributed by atoms with Crippen molar-refractivity contribution in [1.29, 1.82) is 0 Å². The zero-order valence-corrected chi connectivity index (χ0v) is 30.7. The summed E-state index contributed by atoms with van der Waals surface area (Å²) in [5.41, 5.74) is 0. The van der Waals surface area contributed by atoms with E-state index in [9.17, 15) is 38.4 Å². The van der Waals surface area contributed by atoms with Gasteiger partial charge in [0.2, 0.25) is 0 Å². The lowest BCUT2D eigenvalue weighted by Gasteiger charge is -2.40. The molecule has 4 atom stereocenters. The van der Waals surface area contributed by atoms with E-state index in [1.54, 1.807) is 0 Å². The number of hydrogen-bond acceptors (Lipinski definition) is 16. The number of hydrogen-bond donors (Lipinski definition) is 0. The number of ether oxygens (including phenoxy) is 8. The average Bonchev–Trinajstić information content (AvgIpc) is 3.15. The van der Waals surface area contributed by atoms with Crippen LogP contribution in [0.3, 0.4) is 0 Å². The first-order valence-electron chi connectivity index (χ1n) is 17.9. The second kappa shape index (κ2) is 28.3. The fourth-order valence-corrected chi connectivity index (χ4v) is 4.91. The summed E-state index contributed by atoms with van der Waals surface area (Å²) >= 11 is 0. The van der Waals surface area contributed by atoms with Gasteiger partial charge in [-0.05, 0) is 64.2 Å². The molecular formula is C38H52O16. The van der Waals surface area contributed by atoms with E-state index in [1.807, 2.05) is 0 Å². The number of rotatable bonds is 28. The highest BCUT2D eigenvalue weighted by Crippen LogP contribution is 2.31. The molecule has 0 N–H and O–H groups in total. The molecule has 0 amide bonds. The zero-order valence-electron chi connectivity index (χ0n) is 30.7. The van der Waals surface area contributed by atoms with Gasteiger partial charge in [0.15, 0.2) is 12.2 Å². The van der Waals surface area contributed by atoms with Gasteiger partial charge in [0.25, 0.3) is 0 Å². The topological polar surface area (TPSA) is 210 Å². The molecule has 1 rings (SSSR count). The molecule has 54 heavy (non-hydrogen) atoms. The number of esters is 8. The highest BCUT2D eigenvalue weighted by Gasteiger charge is 2.48. The molecule has 300 valence electrons. The largest absolute Gasteiger partial charge is 0.463 e. The van der Waals surface area contributed by atoms with Gasteiger partial charge >= 0.3 is 47.8 Å². The van der Waals surface area contributed by atoms with Crippen LogP contribution in [-0.2, 0) is 76.3 Å². The Morgan fingerprint density at radius 1 is 0.389 bits per heavy atom. The molecule has 0 aromatic heterocycles. The Kier molecular flexibility index (Phi) is 24.5. The number of unbranched alkanes of at least 4 members (excludes halogenated alkanes) is 4. The third kappa shape index (κ3) is 21.3. The van der Waals surface area contributed by atoms with Gasteiger partial charge in [-0.15, -0.1) is 0 Å². The molecule has 0 aromatic carbocycles. The summed E-state index contributed by atoms with van der Waals surface area (Å²) in [5.74, 6) is -5.16. The molecule has 1 aliphatic rings. The second-order valence-corrected chi connectivity index (χ2v) is 11.9. The van der Waals surface area contributed by atoms with Crippen molar-refractivity contribution < 1.29 is 76.3 Å². The molecule has 0 radical (unpaired) electrons. The maximum atomic E-state index is 13.1. The molecule has 0 heterocycles. The second-order valence-electron chi connectivity index (χ2n) is 11.9. The van der Waals surface area contributed by atoms with Crippen LogP contribution < -0.4 is 0 Å². The van der Waals surface area contributed by atoms with Gasteiger partial charge in [0, 0.05) is 50.0 Å². The molecule has 1 aliphatic carbocycles. The highest BCUT2D eigenvalue weighted by atomic mass is 16.6. The number of carbonyl (C=O) groups excluding carboxylic acids is 8. The van der Waals surface area contributed by atoms with Gasteiger partial charge < -0.3 is 37.9 Å². The molecule has 0 aromatic rings. The first-order chi connectivity index (χ1) is 25.9. The molecule has 0 bridgehead atoms. The van der Waals surface area contributed by atoms with Crippen molar-refractivity contribution >= 4 is 47.8 Å². The zero-order chi connectivity index (χ0) is 40.1. The van der Waals surface area contributed by atoms with Crippen molar-refractivity contribution in [2.45, 2.75) is 114 Å². The van der Waals surface area contributed by atoms with E-state index >= 15 is 0 Å². The van der Waals surface area contributed by atoms with E-state index in [4.69, 9.17) is 37.9 Å². The Balaban J connectivity index is 3.12. The summed E-state index contributed by atoms with van der Waals surface area (Å²) in [6.07, 6.45) is 1.48. The van der Waals surface area contributed by atoms with Crippen LogP contribution in [0.4, 0.5) is 0 Å². The molecule has 1 fully saturated rings. The third-order valence-electron chi connectivity index (χ3n) is 7.64. The smallest absolute Gasteiger partial charge is 0.330 e. The standard InChI is InChI=1S/C38H52O16/c1-5-29(39)47-23-13-9-17-33(43)51-27-21-22-28(52-34(44)18-10-14-24-48-30(40)6-2)38(54-36(46)20-12-16-26-50-32(42)8-4)37(27)53-35(45)19-11-15-25-49-31(41)7-3/h5-8,27-28,37-38H,1-4,9-26H2/t27-,28?,37+,38+/m1/s1. The predicted molar refractivity (Wildman–Crippen MR) is 189 cm³/mol. The molecule has 1 saturated carbocycles. The van der Waals surface area contributed by atoms with Crippen molar-refractivity contribution in [3.05, 3.63) is 50.6 Å². The van der Waals surface area contributed by atoms with E-state index < -0.39 is 72.2 Å². The van der Waals surface area contributed by atoms with Gasteiger partial charge in [0.1, 0.15) is 12.2 Å². The summed E-state index contributed by atoms with van der Waals surface area (Å²) in [5, 5.41) is 0. The number of carbonyl (C=O) groups is 8. The molecule has 1 unspecified atom stereocenters. The van der Waals surface area contributed by atoms with Crippen LogP contribution in [0.25, 0.3) is 0 Å². The maximum absolute atomic E-state index is 13.1. The van der Waals surface area contributed by atoms with Gasteiger partial charge in [-0.2, -0.15) is 0 Å². The van der Waals surface area contributed by atoms with Crippen molar-refractivity contribution in [1.82, 2.24) is 0 Å². The van der Waals surface area contributed by atoms with Crippen LogP contribution >= 0.6 is 0 Å². The highest BCUT2D eigenvalue weighted by molar-refractivity contribution is 5.82. The monoisotopic (exact) mass is 764 g/mol. The van der Waals surface area contributed by atoms with E-state index in [-0.39, 0.29) is 77.8 Å². The first kappa shape index (κ1) is 46.7. The summed E-state index contributed by atoms with van der Waals surface area (Å²) in [6, 6.07) is 0. The van der Waals surface area contributed by atoms with E-state index in [1.165, 1.54) is 0 Å². The SMILES string of the molecule is C=CC(=O)OCCCCC(=O)OC1CC[C@@H](OC(=O)CCCCOC(=O)C=C)[C@H](OC(=O)CCCCOC(=O)C=C)[C@H]1OC(=O)CCCCOC(=O)C=C. The fourth-order valence-electron chi connectivity index (χ4n) is 4.91. The summed E-state index contributed by atoms with van der Waals surface area (Å²) in [7, 11) is 0. The van der Waals surface area contributed by atoms with Gasteiger partial charge in [-0.3, -0.25) is 19.2 Å². The van der Waals surface area contributed by atoms with Crippen LogP contribution in [0, 0.1) is 0 Å². The maximum Gasteiger partial charge on any atom is 0.330 e. The van der Waals surface area contributed by atoms with Crippen molar-refractivity contribution in [3.8, 4) is 0 Å². The quantitative estimate of drug-likeness (QED) is 0.0476. The van der Waals surface area contributed by atoms with Crippen molar-refractivity contribution in [2.24, 2.45) is 0 Å². The summed E-state index contributed by atoms with van der Waals surface area (Å²) < 4.78 is 42.7. The molecular weight excluding hydrogens is 712 g/mol. The van der Waals surface area contributed by atoms with Gasteiger partial charge in [0.05, 0.1) is 26.4 Å². The van der Waals surface area contributed by atoms with Crippen LogP contribution in [0.1, 0.15) is 89.9 Å². The summed E-state index contributed by atoms with van der Waals surface area (Å²) in [4.78, 5) is 97.2. The third-order valence-corrected chi connectivity index (χ3v) is 7.64. The minimum Gasteiger partial charge on any atom is -0.463 e. The Morgan fingerprint density at radius 3 is 0.870 bits per heavy atom. The molecule has 0 aliphatic heterocycles. The van der Waals surface area contributed by atoms with E-state index in [0.717, 1.165) is 24.3 Å². The van der Waals surface area contributed by atoms with E-state index in [2.05, 4.69) is 26.3 Å². The van der Waals surface area contributed by atoms with E-state index in [0.29, 0.717) is 38.5 Å². The van der Waals surface area contributed by atoms with Crippen LogP contribution in [0.2, 0.25) is 0 Å². The summed E-state index contributed by atoms with van der Waals surface area (Å²) in [6.45, 7) is 13.5. The molecule has 16 heteroatoms. The first-order valence-corrected chi connectivity index (χ1v) is 17.9. The lowest BCUT2D eigenvalue weighted by atomic mass is 9.88. The fraction of sp³-hybridized carbons (Fsp3) is 0.579. The Labute approximate surface area is 315 Å². The minimum atomic E-state index is -1.36. The minimum absolute atomic E-state index is 0.0380. The molecule has 0 saturated heterocycles.